The van der Waals surface area contributed by atoms with E-state index in [0.29, 0.717) is 25.0 Å². The molecule has 0 N–H and O–H groups in total. The minimum atomic E-state index is -3.02. The van der Waals surface area contributed by atoms with Crippen molar-refractivity contribution in [3.63, 3.8) is 0 Å². The zero-order valence-corrected chi connectivity index (χ0v) is 14.7. The molecule has 0 aromatic heterocycles. The molecule has 0 aromatic rings. The topological polar surface area (TPSA) is 40.6 Å². The molecule has 19 heavy (non-hydrogen) atoms. The number of hydrogen-bond acceptors (Lipinski definition) is 3. The summed E-state index contributed by atoms with van der Waals surface area (Å²) in [7, 11) is -3.02. The summed E-state index contributed by atoms with van der Waals surface area (Å²) < 4.78 is 24.9. The van der Waals surface area contributed by atoms with Gasteiger partial charge in [-0.25, -0.2) is 12.7 Å². The maximum Gasteiger partial charge on any atom is 0.211 e. The normalized spacial score (nSPS) is 22.3. The molecule has 1 rings (SSSR count). The van der Waals surface area contributed by atoms with E-state index in [1.54, 1.807) is 4.31 Å². The van der Waals surface area contributed by atoms with E-state index in [0.717, 1.165) is 37.7 Å². The van der Waals surface area contributed by atoms with Crippen LogP contribution in [-0.2, 0) is 10.0 Å². The van der Waals surface area contributed by atoms with Crippen LogP contribution in [0.5, 0.6) is 0 Å². The highest BCUT2D eigenvalue weighted by Crippen LogP contribution is 2.20. The highest BCUT2D eigenvalue weighted by Gasteiger charge is 2.27. The van der Waals surface area contributed by atoms with E-state index in [2.05, 4.69) is 34.7 Å². The highest BCUT2D eigenvalue weighted by atomic mass is 79.9. The molecule has 0 aliphatic carbocycles. The van der Waals surface area contributed by atoms with Crippen LogP contribution in [0.1, 0.15) is 33.1 Å². The van der Waals surface area contributed by atoms with Crippen molar-refractivity contribution in [1.82, 2.24) is 9.21 Å². The van der Waals surface area contributed by atoms with Crippen LogP contribution < -0.4 is 0 Å². The Morgan fingerprint density at radius 2 is 2.11 bits per heavy atom. The minimum absolute atomic E-state index is 0.473. The zero-order valence-electron chi connectivity index (χ0n) is 12.3. The lowest BCUT2D eigenvalue weighted by Crippen LogP contribution is -2.45. The second-order valence-electron chi connectivity index (χ2n) is 5.76. The Balaban J connectivity index is 2.54. The first-order valence-corrected chi connectivity index (χ1v) is 10.1. The third kappa shape index (κ3) is 6.10. The van der Waals surface area contributed by atoms with E-state index in [4.69, 9.17) is 0 Å². The Kier molecular flexibility index (Phi) is 7.29. The van der Waals surface area contributed by atoms with Crippen LogP contribution in [0.2, 0.25) is 0 Å². The van der Waals surface area contributed by atoms with Gasteiger partial charge in [0, 0.05) is 31.0 Å². The predicted molar refractivity (Wildman–Crippen MR) is 84.3 cm³/mol. The van der Waals surface area contributed by atoms with Crippen LogP contribution in [0.4, 0.5) is 0 Å². The Labute approximate surface area is 126 Å². The summed E-state index contributed by atoms with van der Waals surface area (Å²) in [6, 6.07) is 0.521. The summed E-state index contributed by atoms with van der Waals surface area (Å²) in [6.45, 7) is 7.90. The molecule has 1 atom stereocenters. The Morgan fingerprint density at radius 1 is 1.42 bits per heavy atom. The molecule has 0 radical (unpaired) electrons. The quantitative estimate of drug-likeness (QED) is 0.657. The van der Waals surface area contributed by atoms with Crippen LogP contribution in [0.25, 0.3) is 0 Å². The highest BCUT2D eigenvalue weighted by molar-refractivity contribution is 9.09. The van der Waals surface area contributed by atoms with Crippen molar-refractivity contribution in [2.24, 2.45) is 5.92 Å². The molecule has 1 fully saturated rings. The second kappa shape index (κ2) is 7.96. The van der Waals surface area contributed by atoms with Gasteiger partial charge in [-0.2, -0.15) is 0 Å². The fourth-order valence-corrected chi connectivity index (χ4v) is 3.83. The van der Waals surface area contributed by atoms with E-state index < -0.39 is 10.0 Å². The summed E-state index contributed by atoms with van der Waals surface area (Å²) in [5, 5.41) is 1.02. The zero-order chi connectivity index (χ0) is 14.5. The summed E-state index contributed by atoms with van der Waals surface area (Å²) in [4.78, 5) is 2.47. The van der Waals surface area contributed by atoms with Gasteiger partial charge in [0.25, 0.3) is 0 Å². The smallest absolute Gasteiger partial charge is 0.211 e. The Bertz CT molecular complexity index is 360. The molecule has 1 saturated heterocycles. The van der Waals surface area contributed by atoms with E-state index in [9.17, 15) is 8.42 Å². The van der Waals surface area contributed by atoms with Crippen LogP contribution in [-0.4, -0.2) is 61.4 Å². The van der Waals surface area contributed by atoms with Gasteiger partial charge in [-0.1, -0.05) is 15.9 Å². The van der Waals surface area contributed by atoms with Crippen molar-refractivity contribution in [1.29, 1.82) is 0 Å². The molecule has 0 aromatic carbocycles. The van der Waals surface area contributed by atoms with Crippen LogP contribution >= 0.6 is 15.9 Å². The monoisotopic (exact) mass is 354 g/mol. The fourth-order valence-electron chi connectivity index (χ4n) is 2.63. The molecule has 1 aliphatic heterocycles. The van der Waals surface area contributed by atoms with Gasteiger partial charge in [0.05, 0.1) is 6.26 Å². The van der Waals surface area contributed by atoms with Crippen LogP contribution in [0.15, 0.2) is 0 Å². The third-order valence-electron chi connectivity index (χ3n) is 3.75. The SMILES string of the molecule is CC(C)N(CCCBr)CC1CCCN(S(C)(=O)=O)C1. The lowest BCUT2D eigenvalue weighted by Gasteiger charge is -2.36. The number of rotatable bonds is 7. The number of nitrogens with zero attached hydrogens (tertiary/aromatic N) is 2. The van der Waals surface area contributed by atoms with Gasteiger partial charge in [-0.05, 0) is 45.6 Å². The first kappa shape index (κ1) is 17.4. The first-order valence-electron chi connectivity index (χ1n) is 7.09. The second-order valence-corrected chi connectivity index (χ2v) is 8.54. The number of piperidine rings is 1. The molecule has 0 saturated carbocycles. The van der Waals surface area contributed by atoms with E-state index in [1.165, 1.54) is 6.26 Å². The average Bonchev–Trinajstić information content (AvgIpc) is 2.33. The van der Waals surface area contributed by atoms with E-state index in [1.807, 2.05) is 0 Å². The summed E-state index contributed by atoms with van der Waals surface area (Å²) in [5.41, 5.74) is 0. The maximum atomic E-state index is 11.6. The van der Waals surface area contributed by atoms with E-state index >= 15 is 0 Å². The molecular formula is C13H27BrN2O2S. The molecule has 1 aliphatic rings. The minimum Gasteiger partial charge on any atom is -0.301 e. The number of halogens is 1. The lowest BCUT2D eigenvalue weighted by molar-refractivity contribution is 0.151. The maximum absolute atomic E-state index is 11.6. The molecule has 1 heterocycles. The summed E-state index contributed by atoms with van der Waals surface area (Å²) in [6.07, 6.45) is 4.59. The average molecular weight is 355 g/mol. The van der Waals surface area contributed by atoms with Gasteiger partial charge in [0.1, 0.15) is 0 Å². The standard InChI is InChI=1S/C13H27BrN2O2S/c1-12(2)15(8-5-7-14)10-13-6-4-9-16(11-13)19(3,17)18/h12-13H,4-11H2,1-3H3. The van der Waals surface area contributed by atoms with Gasteiger partial charge in [0.2, 0.25) is 10.0 Å². The first-order chi connectivity index (χ1) is 8.84. The Morgan fingerprint density at radius 3 is 2.63 bits per heavy atom. The van der Waals surface area contributed by atoms with Gasteiger partial charge in [-0.3, -0.25) is 0 Å². The van der Waals surface area contributed by atoms with Crippen molar-refractivity contribution in [3.8, 4) is 0 Å². The summed E-state index contributed by atoms with van der Waals surface area (Å²) >= 11 is 3.47. The van der Waals surface area contributed by atoms with Gasteiger partial charge in [0.15, 0.2) is 0 Å². The number of alkyl halides is 1. The number of hydrogen-bond donors (Lipinski definition) is 0. The van der Waals surface area contributed by atoms with Crippen molar-refractivity contribution in [2.75, 3.05) is 37.8 Å². The predicted octanol–water partition coefficient (Wildman–Crippen LogP) is 2.15. The fraction of sp³-hybridized carbons (Fsp3) is 1.00. The Hall–Kier alpha value is 0.350. The van der Waals surface area contributed by atoms with Crippen LogP contribution in [0, 0.1) is 5.92 Å². The van der Waals surface area contributed by atoms with E-state index in [-0.39, 0.29) is 0 Å². The molecule has 0 bridgehead atoms. The lowest BCUT2D eigenvalue weighted by atomic mass is 9.98. The molecular weight excluding hydrogens is 328 g/mol. The molecule has 0 amide bonds. The third-order valence-corrected chi connectivity index (χ3v) is 5.58. The molecule has 0 spiro atoms. The molecule has 114 valence electrons. The molecule has 4 nitrogen and oxygen atoms in total. The molecule has 1 unspecified atom stereocenters. The van der Waals surface area contributed by atoms with Gasteiger partial charge >= 0.3 is 0 Å². The number of sulfonamides is 1. The van der Waals surface area contributed by atoms with Gasteiger partial charge < -0.3 is 4.90 Å². The van der Waals surface area contributed by atoms with Crippen molar-refractivity contribution >= 4 is 26.0 Å². The van der Waals surface area contributed by atoms with Crippen molar-refractivity contribution in [3.05, 3.63) is 0 Å². The van der Waals surface area contributed by atoms with Gasteiger partial charge in [-0.15, -0.1) is 0 Å². The molecule has 6 heteroatoms. The summed E-state index contributed by atoms with van der Waals surface area (Å²) in [5.74, 6) is 0.473. The van der Waals surface area contributed by atoms with Crippen molar-refractivity contribution < 1.29 is 8.42 Å². The van der Waals surface area contributed by atoms with Crippen LogP contribution in [0.3, 0.4) is 0 Å². The largest absolute Gasteiger partial charge is 0.301 e. The van der Waals surface area contributed by atoms with Crippen molar-refractivity contribution in [2.45, 2.75) is 39.2 Å².